The van der Waals surface area contributed by atoms with Crippen LogP contribution in [0.2, 0.25) is 0 Å². The number of allylic oxidation sites excluding steroid dienone is 4. The van der Waals surface area contributed by atoms with Gasteiger partial charge >= 0.3 is 0 Å². The predicted octanol–water partition coefficient (Wildman–Crippen LogP) is 5.37. The molecule has 2 aliphatic carbocycles. The fourth-order valence-corrected chi connectivity index (χ4v) is 8.34. The smallest absolute Gasteiger partial charge is 0.143 e. The minimum Gasteiger partial charge on any atom is -0.279 e. The third-order valence-corrected chi connectivity index (χ3v) is 10.9. The number of thioether (sulfide) groups is 2. The number of hydrogen-bond acceptors (Lipinski definition) is 8. The molecular weight excluding hydrogens is 533 g/mol. The number of nitrogens with zero attached hydrogens (tertiary/aromatic N) is 6. The Morgan fingerprint density at radius 2 is 1.07 bits per heavy atom. The second-order valence-corrected chi connectivity index (χ2v) is 13.2. The van der Waals surface area contributed by atoms with E-state index in [9.17, 15) is 0 Å². The van der Waals surface area contributed by atoms with E-state index in [4.69, 9.17) is 20.0 Å². The molecule has 7 rings (SSSR count). The van der Waals surface area contributed by atoms with Gasteiger partial charge in [-0.25, -0.2) is 0 Å². The zero-order chi connectivity index (χ0) is 27.4. The van der Waals surface area contributed by atoms with Crippen LogP contribution in [0, 0.1) is 27.7 Å². The quantitative estimate of drug-likeness (QED) is 0.463. The van der Waals surface area contributed by atoms with Crippen LogP contribution < -0.4 is 0 Å². The van der Waals surface area contributed by atoms with Crippen LogP contribution in [0.5, 0.6) is 0 Å². The van der Waals surface area contributed by atoms with Crippen LogP contribution in [0.3, 0.4) is 0 Å². The summed E-state index contributed by atoms with van der Waals surface area (Å²) < 4.78 is 0. The maximum Gasteiger partial charge on any atom is 0.143 e. The highest BCUT2D eigenvalue weighted by Gasteiger charge is 2.40. The molecule has 0 bridgehead atoms. The topological polar surface area (TPSA) is 55.9 Å². The zero-order valence-corrected chi connectivity index (χ0v) is 25.3. The summed E-state index contributed by atoms with van der Waals surface area (Å²) in [4.78, 5) is 25.1. The highest BCUT2D eigenvalue weighted by atomic mass is 32.2. The first-order valence-electron chi connectivity index (χ1n) is 14.2. The average Bonchev–Trinajstić information content (AvgIpc) is 3.78. The molecule has 6 nitrogen and oxygen atoms in total. The van der Waals surface area contributed by atoms with Gasteiger partial charge in [0.25, 0.3) is 0 Å². The molecule has 4 heterocycles. The minimum absolute atomic E-state index is 0.0265. The van der Waals surface area contributed by atoms with Crippen LogP contribution >= 0.6 is 23.5 Å². The summed E-state index contributed by atoms with van der Waals surface area (Å²) in [5.41, 5.74) is 13.2. The molecular formula is C32H36N6S2. The molecule has 4 atom stereocenters. The molecule has 0 saturated carbocycles. The fraction of sp³-hybridized carbons (Fsp3) is 0.438. The van der Waals surface area contributed by atoms with Crippen molar-refractivity contribution in [2.24, 2.45) is 20.0 Å². The molecule has 0 N–H and O–H groups in total. The van der Waals surface area contributed by atoms with Crippen molar-refractivity contribution in [2.75, 3.05) is 23.3 Å². The summed E-state index contributed by atoms with van der Waals surface area (Å²) in [5, 5.41) is 0. The Balaban J connectivity index is 1.21. The van der Waals surface area contributed by atoms with Crippen LogP contribution in [0.25, 0.3) is 0 Å². The van der Waals surface area contributed by atoms with Crippen molar-refractivity contribution in [3.63, 3.8) is 0 Å². The highest BCUT2D eigenvalue weighted by Crippen LogP contribution is 2.35. The van der Waals surface area contributed by atoms with E-state index >= 15 is 0 Å². The molecule has 0 spiro atoms. The Labute approximate surface area is 245 Å². The second-order valence-electron chi connectivity index (χ2n) is 11.3. The Bertz CT molecular complexity index is 1350. The maximum absolute atomic E-state index is 5.16. The third-order valence-electron chi connectivity index (χ3n) is 9.27. The molecule has 0 amide bonds. The van der Waals surface area contributed by atoms with Crippen molar-refractivity contribution in [1.29, 1.82) is 0 Å². The molecule has 40 heavy (non-hydrogen) atoms. The van der Waals surface area contributed by atoms with E-state index in [0.717, 1.165) is 47.8 Å². The summed E-state index contributed by atoms with van der Waals surface area (Å²) in [5.74, 6) is 3.66. The van der Waals surface area contributed by atoms with Crippen molar-refractivity contribution < 1.29 is 0 Å². The molecule has 4 unspecified atom stereocenters. The molecule has 6 aliphatic rings. The van der Waals surface area contributed by atoms with Gasteiger partial charge in [0, 0.05) is 24.6 Å². The van der Waals surface area contributed by atoms with Gasteiger partial charge in [-0.2, -0.15) is 0 Å². The van der Waals surface area contributed by atoms with E-state index in [1.807, 2.05) is 23.5 Å². The zero-order valence-electron chi connectivity index (χ0n) is 23.7. The van der Waals surface area contributed by atoms with Gasteiger partial charge in [-0.05, 0) is 73.2 Å². The summed E-state index contributed by atoms with van der Waals surface area (Å²) in [6.45, 7) is 11.0. The summed E-state index contributed by atoms with van der Waals surface area (Å²) in [6.07, 6.45) is 17.5. The Morgan fingerprint density at radius 3 is 1.45 bits per heavy atom. The van der Waals surface area contributed by atoms with Gasteiger partial charge in [0.1, 0.15) is 12.3 Å². The van der Waals surface area contributed by atoms with E-state index in [1.54, 1.807) is 0 Å². The second kappa shape index (κ2) is 10.7. The molecule has 1 aromatic carbocycles. The van der Waals surface area contributed by atoms with E-state index < -0.39 is 0 Å². The van der Waals surface area contributed by atoms with Gasteiger partial charge in [0.2, 0.25) is 0 Å². The molecule has 0 radical (unpaired) electrons. The minimum atomic E-state index is 0.0265. The lowest BCUT2D eigenvalue weighted by Crippen LogP contribution is -2.43. The third kappa shape index (κ3) is 4.44. The van der Waals surface area contributed by atoms with Crippen molar-refractivity contribution in [1.82, 2.24) is 9.80 Å². The molecule has 206 valence electrons. The Kier molecular flexibility index (Phi) is 7.06. The van der Waals surface area contributed by atoms with E-state index in [-0.39, 0.29) is 24.4 Å². The summed E-state index contributed by atoms with van der Waals surface area (Å²) >= 11 is 3.77. The van der Waals surface area contributed by atoms with E-state index in [1.165, 1.54) is 44.8 Å². The molecule has 0 saturated heterocycles. The predicted molar refractivity (Wildman–Crippen MR) is 173 cm³/mol. The van der Waals surface area contributed by atoms with Crippen LogP contribution in [0.4, 0.5) is 0 Å². The molecule has 0 aromatic heterocycles. The number of aliphatic imine (C=N–C) groups is 4. The van der Waals surface area contributed by atoms with Crippen molar-refractivity contribution >= 4 is 46.4 Å². The number of fused-ring (bicyclic) bond motifs is 2. The lowest BCUT2D eigenvalue weighted by atomic mass is 9.87. The normalized spacial score (nSPS) is 29.1. The number of benzene rings is 1. The van der Waals surface area contributed by atoms with Crippen LogP contribution in [-0.2, 0) is 13.1 Å². The molecule has 1 aromatic rings. The van der Waals surface area contributed by atoms with Gasteiger partial charge in [-0.3, -0.25) is 29.8 Å². The summed E-state index contributed by atoms with van der Waals surface area (Å²) in [7, 11) is 0. The first-order chi connectivity index (χ1) is 19.5. The van der Waals surface area contributed by atoms with E-state index in [2.05, 4.69) is 86.1 Å². The lowest BCUT2D eigenvalue weighted by molar-refractivity contribution is 0.251. The van der Waals surface area contributed by atoms with Gasteiger partial charge in [-0.1, -0.05) is 36.5 Å². The largest absolute Gasteiger partial charge is 0.279 e. The standard InChI is InChI=1S/C32H36N6S2/c1-19-20(2)24(14-38-30-12-8-6-10-26(30)36-32(38)28-16-40-18-34-28)22(4)21(3)23(19)13-37-29-11-7-5-9-25(29)35-31(37)27-15-39-17-33-27/h5-12,29-32H,13-18H2,1-4H3. The SMILES string of the molecule is Cc1c(C)c(CN2C3C=CC=CC3=NC2C2=NCSC2)c(C)c(C)c1CN1C2C=CC=CC2=NC1C1=NCSC1. The number of hydrogen-bond donors (Lipinski definition) is 0. The molecule has 4 aliphatic heterocycles. The van der Waals surface area contributed by atoms with Crippen molar-refractivity contribution in [2.45, 2.75) is 65.2 Å². The van der Waals surface area contributed by atoms with Gasteiger partial charge in [-0.15, -0.1) is 23.5 Å². The van der Waals surface area contributed by atoms with Gasteiger partial charge in [0.15, 0.2) is 0 Å². The lowest BCUT2D eigenvalue weighted by Gasteiger charge is -2.33. The highest BCUT2D eigenvalue weighted by molar-refractivity contribution is 8.00. The van der Waals surface area contributed by atoms with Crippen molar-refractivity contribution in [3.8, 4) is 0 Å². The Hall–Kier alpha value is -2.52. The van der Waals surface area contributed by atoms with Gasteiger partial charge < -0.3 is 0 Å². The number of rotatable bonds is 6. The van der Waals surface area contributed by atoms with Gasteiger partial charge in [0.05, 0.1) is 46.7 Å². The maximum atomic E-state index is 5.16. The average molecular weight is 569 g/mol. The van der Waals surface area contributed by atoms with E-state index in [0.29, 0.717) is 0 Å². The van der Waals surface area contributed by atoms with Crippen LogP contribution in [0.15, 0.2) is 68.6 Å². The van der Waals surface area contributed by atoms with Crippen LogP contribution in [-0.4, -0.2) is 80.3 Å². The Morgan fingerprint density at radius 1 is 0.650 bits per heavy atom. The molecule has 8 heteroatoms. The fourth-order valence-electron chi connectivity index (χ4n) is 6.75. The monoisotopic (exact) mass is 568 g/mol. The summed E-state index contributed by atoms with van der Waals surface area (Å²) in [6, 6.07) is 0.416. The molecule has 0 fully saturated rings. The first kappa shape index (κ1) is 26.4. The van der Waals surface area contributed by atoms with Crippen molar-refractivity contribution in [3.05, 3.63) is 82.0 Å². The van der Waals surface area contributed by atoms with Crippen LogP contribution in [0.1, 0.15) is 33.4 Å². The first-order valence-corrected chi connectivity index (χ1v) is 16.5.